The Labute approximate surface area is 104 Å². The summed E-state index contributed by atoms with van der Waals surface area (Å²) in [5.74, 6) is -0.874. The predicted octanol–water partition coefficient (Wildman–Crippen LogP) is 1.93. The molecule has 0 spiro atoms. The number of fused-ring (bicyclic) bond motifs is 3. The van der Waals surface area contributed by atoms with Gasteiger partial charge in [-0.05, 0) is 23.8 Å². The van der Waals surface area contributed by atoms with Crippen LogP contribution in [0.25, 0.3) is 10.9 Å². The van der Waals surface area contributed by atoms with Crippen molar-refractivity contribution in [2.45, 2.75) is 13.0 Å². The maximum Gasteiger partial charge on any atom is 0.335 e. The third kappa shape index (κ3) is 1.90. The molecule has 3 rings (SSSR count). The molecule has 0 atom stereocenters. The Hall–Kier alpha value is -1.52. The Bertz CT molecular complexity index is 577. The van der Waals surface area contributed by atoms with Crippen LogP contribution < -0.4 is 5.32 Å². The third-order valence-corrected chi connectivity index (χ3v) is 3.10. The zero-order chi connectivity index (χ0) is 11.1. The van der Waals surface area contributed by atoms with Gasteiger partial charge in [0, 0.05) is 36.1 Å². The monoisotopic (exact) mass is 252 g/mol. The number of aromatic amines is 1. The number of rotatable bonds is 1. The van der Waals surface area contributed by atoms with Crippen molar-refractivity contribution in [1.82, 2.24) is 10.3 Å². The smallest absolute Gasteiger partial charge is 0.335 e. The summed E-state index contributed by atoms with van der Waals surface area (Å²) in [6.45, 7) is 1.80. The zero-order valence-electron chi connectivity index (χ0n) is 9.12. The molecule has 3 N–H and O–H groups in total. The van der Waals surface area contributed by atoms with Gasteiger partial charge in [-0.3, -0.25) is 0 Å². The van der Waals surface area contributed by atoms with Crippen molar-refractivity contribution in [3.8, 4) is 0 Å². The minimum atomic E-state index is -0.874. The number of nitrogens with one attached hydrogen (secondary N) is 2. The Morgan fingerprint density at radius 1 is 1.35 bits per heavy atom. The number of halogens is 1. The van der Waals surface area contributed by atoms with Crippen LogP contribution in [0.2, 0.25) is 0 Å². The van der Waals surface area contributed by atoms with Crippen LogP contribution in [0.15, 0.2) is 18.2 Å². The van der Waals surface area contributed by atoms with Crippen molar-refractivity contribution < 1.29 is 9.90 Å². The Balaban J connectivity index is 0.00000108. The first kappa shape index (κ1) is 12.0. The van der Waals surface area contributed by atoms with Gasteiger partial charge in [0.05, 0.1) is 5.56 Å². The summed E-state index contributed by atoms with van der Waals surface area (Å²) in [6.07, 6.45) is 0.979. The highest BCUT2D eigenvalue weighted by Crippen LogP contribution is 2.25. The highest BCUT2D eigenvalue weighted by molar-refractivity contribution is 5.95. The topological polar surface area (TPSA) is 65.1 Å². The van der Waals surface area contributed by atoms with Crippen LogP contribution in [0.1, 0.15) is 21.6 Å². The number of aromatic nitrogens is 1. The normalized spacial score (nSPS) is 14.1. The minimum absolute atomic E-state index is 0. The van der Waals surface area contributed by atoms with Crippen LogP contribution in [0.3, 0.4) is 0 Å². The molecule has 1 aliphatic rings. The Kier molecular flexibility index (Phi) is 3.09. The van der Waals surface area contributed by atoms with E-state index < -0.39 is 5.97 Å². The molecule has 5 heteroatoms. The van der Waals surface area contributed by atoms with Gasteiger partial charge < -0.3 is 15.4 Å². The average molecular weight is 253 g/mol. The fourth-order valence-electron chi connectivity index (χ4n) is 2.28. The first-order chi connectivity index (χ1) is 7.75. The van der Waals surface area contributed by atoms with Crippen molar-refractivity contribution in [3.05, 3.63) is 35.0 Å². The van der Waals surface area contributed by atoms with Gasteiger partial charge in [0.15, 0.2) is 0 Å². The summed E-state index contributed by atoms with van der Waals surface area (Å²) in [5.41, 5.74) is 3.82. The lowest BCUT2D eigenvalue weighted by Gasteiger charge is -2.12. The molecule has 2 heterocycles. The number of carboxylic acids is 1. The lowest BCUT2D eigenvalue weighted by Crippen LogP contribution is -2.22. The number of benzene rings is 1. The van der Waals surface area contributed by atoms with E-state index in [1.165, 1.54) is 11.3 Å². The number of hydrogen-bond donors (Lipinski definition) is 3. The maximum absolute atomic E-state index is 10.9. The van der Waals surface area contributed by atoms with Gasteiger partial charge in [-0.2, -0.15) is 0 Å². The van der Waals surface area contributed by atoms with Crippen LogP contribution in [0.5, 0.6) is 0 Å². The van der Waals surface area contributed by atoms with Crippen LogP contribution >= 0.6 is 12.4 Å². The number of aromatic carboxylic acids is 1. The summed E-state index contributed by atoms with van der Waals surface area (Å²) in [6, 6.07) is 5.23. The molecule has 0 saturated carbocycles. The molecule has 0 fully saturated rings. The van der Waals surface area contributed by atoms with E-state index in [4.69, 9.17) is 5.11 Å². The van der Waals surface area contributed by atoms with Crippen molar-refractivity contribution in [1.29, 1.82) is 0 Å². The van der Waals surface area contributed by atoms with E-state index >= 15 is 0 Å². The molecule has 0 aliphatic carbocycles. The van der Waals surface area contributed by atoms with Crippen LogP contribution in [0.4, 0.5) is 0 Å². The number of carbonyl (C=O) groups is 1. The second kappa shape index (κ2) is 4.39. The molecule has 90 valence electrons. The molecule has 0 saturated heterocycles. The van der Waals surface area contributed by atoms with Gasteiger partial charge in [0.1, 0.15) is 0 Å². The fraction of sp³-hybridized carbons (Fsp3) is 0.250. The molecular weight excluding hydrogens is 240 g/mol. The van der Waals surface area contributed by atoms with Gasteiger partial charge in [-0.25, -0.2) is 4.79 Å². The van der Waals surface area contributed by atoms with Gasteiger partial charge in [0.2, 0.25) is 0 Å². The van der Waals surface area contributed by atoms with Crippen molar-refractivity contribution in [2.75, 3.05) is 6.54 Å². The second-order valence-electron chi connectivity index (χ2n) is 4.07. The standard InChI is InChI=1S/C12H12N2O2.ClH/c15-12(16)7-1-2-10-8(5-7)9-6-13-4-3-11(9)14-10;/h1-2,5,13-14H,3-4,6H2,(H,15,16);1H. The molecule has 0 bridgehead atoms. The predicted molar refractivity (Wildman–Crippen MR) is 67.9 cm³/mol. The van der Waals surface area contributed by atoms with Gasteiger partial charge in [-0.15, -0.1) is 12.4 Å². The first-order valence-electron chi connectivity index (χ1n) is 5.33. The van der Waals surface area contributed by atoms with E-state index in [-0.39, 0.29) is 12.4 Å². The van der Waals surface area contributed by atoms with E-state index in [9.17, 15) is 4.79 Å². The quantitative estimate of drug-likeness (QED) is 0.727. The molecular formula is C12H13ClN2O2. The van der Waals surface area contributed by atoms with E-state index in [2.05, 4.69) is 10.3 Å². The van der Waals surface area contributed by atoms with Gasteiger partial charge in [0.25, 0.3) is 0 Å². The lowest BCUT2D eigenvalue weighted by atomic mass is 10.0. The van der Waals surface area contributed by atoms with Gasteiger partial charge in [-0.1, -0.05) is 0 Å². The molecule has 0 amide bonds. The minimum Gasteiger partial charge on any atom is -0.478 e. The third-order valence-electron chi connectivity index (χ3n) is 3.10. The second-order valence-corrected chi connectivity index (χ2v) is 4.07. The molecule has 0 radical (unpaired) electrons. The molecule has 0 unspecified atom stereocenters. The number of hydrogen-bond acceptors (Lipinski definition) is 2. The van der Waals surface area contributed by atoms with E-state index in [0.29, 0.717) is 5.56 Å². The molecule has 2 aromatic rings. The van der Waals surface area contributed by atoms with Crippen LogP contribution in [-0.4, -0.2) is 22.6 Å². The van der Waals surface area contributed by atoms with E-state index in [1.54, 1.807) is 12.1 Å². The van der Waals surface area contributed by atoms with E-state index in [1.807, 2.05) is 6.07 Å². The maximum atomic E-state index is 10.9. The van der Waals surface area contributed by atoms with Crippen molar-refractivity contribution in [2.24, 2.45) is 0 Å². The summed E-state index contributed by atoms with van der Waals surface area (Å²) in [4.78, 5) is 14.3. The fourth-order valence-corrected chi connectivity index (χ4v) is 2.28. The average Bonchev–Trinajstić information content (AvgIpc) is 2.66. The summed E-state index contributed by atoms with van der Waals surface area (Å²) < 4.78 is 0. The Morgan fingerprint density at radius 2 is 2.18 bits per heavy atom. The summed E-state index contributed by atoms with van der Waals surface area (Å²) >= 11 is 0. The molecule has 17 heavy (non-hydrogen) atoms. The SMILES string of the molecule is Cl.O=C(O)c1ccc2[nH]c3c(c2c1)CNCC3. The van der Waals surface area contributed by atoms with Gasteiger partial charge >= 0.3 is 5.97 Å². The first-order valence-corrected chi connectivity index (χ1v) is 5.33. The summed E-state index contributed by atoms with van der Waals surface area (Å²) in [5, 5.41) is 13.3. The van der Waals surface area contributed by atoms with E-state index in [0.717, 1.165) is 30.4 Å². The highest BCUT2D eigenvalue weighted by atomic mass is 35.5. The Morgan fingerprint density at radius 3 is 2.94 bits per heavy atom. The highest BCUT2D eigenvalue weighted by Gasteiger charge is 2.15. The van der Waals surface area contributed by atoms with Crippen molar-refractivity contribution >= 4 is 29.3 Å². The molecule has 1 aliphatic heterocycles. The lowest BCUT2D eigenvalue weighted by molar-refractivity contribution is 0.0697. The van der Waals surface area contributed by atoms with Crippen LogP contribution in [0, 0.1) is 0 Å². The van der Waals surface area contributed by atoms with Crippen molar-refractivity contribution in [3.63, 3.8) is 0 Å². The molecule has 4 nitrogen and oxygen atoms in total. The largest absolute Gasteiger partial charge is 0.478 e. The molecule has 1 aromatic heterocycles. The van der Waals surface area contributed by atoms with Crippen LogP contribution in [-0.2, 0) is 13.0 Å². The zero-order valence-corrected chi connectivity index (χ0v) is 9.93. The number of H-pyrrole nitrogens is 1. The molecule has 1 aromatic carbocycles. The summed E-state index contributed by atoms with van der Waals surface area (Å²) in [7, 11) is 0. The number of carboxylic acid groups (broad SMARTS) is 1.